The molecule has 0 spiro atoms. The molecule has 1 saturated heterocycles. The van der Waals surface area contributed by atoms with Crippen molar-refractivity contribution in [3.05, 3.63) is 40.8 Å². The highest BCUT2D eigenvalue weighted by atomic mass is 32.1. The van der Waals surface area contributed by atoms with E-state index in [9.17, 15) is 4.79 Å². The van der Waals surface area contributed by atoms with Crippen molar-refractivity contribution in [2.45, 2.75) is 18.9 Å². The van der Waals surface area contributed by atoms with Gasteiger partial charge in [-0.2, -0.15) is 0 Å². The highest BCUT2D eigenvalue weighted by Gasteiger charge is 2.31. The quantitative estimate of drug-likeness (QED) is 0.850. The molecule has 0 aliphatic carbocycles. The summed E-state index contributed by atoms with van der Waals surface area (Å²) in [6.07, 6.45) is 3.77. The first kappa shape index (κ1) is 14.8. The number of amides is 1. The molecular formula is C16H18N2O3S. The Hall–Kier alpha value is -2.08. The lowest BCUT2D eigenvalue weighted by Gasteiger charge is -2.23. The fourth-order valence-electron chi connectivity index (χ4n) is 2.64. The first-order valence-corrected chi connectivity index (χ1v) is 8.11. The van der Waals surface area contributed by atoms with Crippen LogP contribution in [0, 0.1) is 0 Å². The van der Waals surface area contributed by atoms with E-state index in [0.717, 1.165) is 24.4 Å². The van der Waals surface area contributed by atoms with E-state index in [1.807, 2.05) is 28.5 Å². The van der Waals surface area contributed by atoms with Gasteiger partial charge in [-0.25, -0.2) is 4.98 Å². The zero-order valence-corrected chi connectivity index (χ0v) is 13.2. The van der Waals surface area contributed by atoms with Crippen molar-refractivity contribution in [1.82, 2.24) is 9.88 Å². The minimum absolute atomic E-state index is 0.000481. The Morgan fingerprint density at radius 2 is 2.32 bits per heavy atom. The van der Waals surface area contributed by atoms with Crippen LogP contribution in [0.5, 0.6) is 11.5 Å². The molecule has 1 amide bonds. The van der Waals surface area contributed by atoms with Crippen LogP contribution >= 0.6 is 11.3 Å². The van der Waals surface area contributed by atoms with Gasteiger partial charge in [0.25, 0.3) is 5.91 Å². The maximum atomic E-state index is 12.4. The summed E-state index contributed by atoms with van der Waals surface area (Å²) in [5, 5.41) is 2.95. The average Bonchev–Trinajstić information content (AvgIpc) is 3.23. The van der Waals surface area contributed by atoms with Crippen LogP contribution in [0.15, 0.2) is 35.8 Å². The monoisotopic (exact) mass is 318 g/mol. The van der Waals surface area contributed by atoms with E-state index in [1.165, 1.54) is 0 Å². The average molecular weight is 318 g/mol. The third-order valence-electron chi connectivity index (χ3n) is 3.71. The molecule has 1 aliphatic rings. The number of hydrogen-bond acceptors (Lipinski definition) is 5. The summed E-state index contributed by atoms with van der Waals surface area (Å²) >= 11 is 1.60. The molecule has 0 unspecified atom stereocenters. The number of carbonyl (C=O) groups excluding carboxylic acids is 1. The summed E-state index contributed by atoms with van der Waals surface area (Å²) in [6.45, 7) is 0.805. The van der Waals surface area contributed by atoms with Crippen molar-refractivity contribution in [3.63, 3.8) is 0 Å². The minimum atomic E-state index is 0.000481. The number of carbonyl (C=O) groups is 1. The molecule has 1 aromatic heterocycles. The van der Waals surface area contributed by atoms with Crippen LogP contribution in [-0.4, -0.2) is 36.1 Å². The van der Waals surface area contributed by atoms with Crippen LogP contribution in [0.1, 0.15) is 23.9 Å². The summed E-state index contributed by atoms with van der Waals surface area (Å²) in [7, 11) is 1.60. The van der Waals surface area contributed by atoms with Gasteiger partial charge in [-0.05, 0) is 25.0 Å². The normalized spacial score (nSPS) is 17.5. The Morgan fingerprint density at radius 3 is 3.09 bits per heavy atom. The second-order valence-electron chi connectivity index (χ2n) is 5.08. The van der Waals surface area contributed by atoms with Crippen LogP contribution in [-0.2, 0) is 4.79 Å². The van der Waals surface area contributed by atoms with E-state index >= 15 is 0 Å². The Kier molecular flexibility index (Phi) is 4.58. The van der Waals surface area contributed by atoms with E-state index in [-0.39, 0.29) is 18.6 Å². The van der Waals surface area contributed by atoms with Gasteiger partial charge in [0.15, 0.2) is 6.61 Å². The van der Waals surface area contributed by atoms with Gasteiger partial charge in [-0.3, -0.25) is 4.79 Å². The maximum Gasteiger partial charge on any atom is 0.261 e. The Bertz CT molecular complexity index is 630. The highest BCUT2D eigenvalue weighted by molar-refractivity contribution is 7.09. The van der Waals surface area contributed by atoms with Gasteiger partial charge in [-0.1, -0.05) is 6.07 Å². The van der Waals surface area contributed by atoms with Gasteiger partial charge in [0.1, 0.15) is 16.5 Å². The summed E-state index contributed by atoms with van der Waals surface area (Å²) < 4.78 is 10.7. The zero-order valence-electron chi connectivity index (χ0n) is 12.4. The van der Waals surface area contributed by atoms with Crippen molar-refractivity contribution in [2.24, 2.45) is 0 Å². The van der Waals surface area contributed by atoms with Gasteiger partial charge in [0, 0.05) is 24.2 Å². The van der Waals surface area contributed by atoms with E-state index in [4.69, 9.17) is 9.47 Å². The molecule has 0 saturated carbocycles. The number of aromatic nitrogens is 1. The number of ether oxygens (including phenoxy) is 2. The lowest BCUT2D eigenvalue weighted by atomic mass is 10.2. The summed E-state index contributed by atoms with van der Waals surface area (Å²) in [5.41, 5.74) is 0. The summed E-state index contributed by atoms with van der Waals surface area (Å²) in [4.78, 5) is 18.6. The molecule has 2 heterocycles. The maximum absolute atomic E-state index is 12.4. The second kappa shape index (κ2) is 6.79. The number of likely N-dealkylation sites (tertiary alicyclic amines) is 1. The van der Waals surface area contributed by atoms with Crippen LogP contribution in [0.25, 0.3) is 0 Å². The summed E-state index contributed by atoms with van der Waals surface area (Å²) in [5.74, 6) is 1.35. The fraction of sp³-hybridized carbons (Fsp3) is 0.375. The van der Waals surface area contributed by atoms with Crippen molar-refractivity contribution >= 4 is 17.2 Å². The number of methoxy groups -OCH3 is 1. The molecule has 1 fully saturated rings. The number of hydrogen-bond donors (Lipinski definition) is 0. The van der Waals surface area contributed by atoms with Crippen LogP contribution in [0.2, 0.25) is 0 Å². The van der Waals surface area contributed by atoms with Gasteiger partial charge < -0.3 is 14.4 Å². The molecule has 0 N–H and O–H groups in total. The number of benzene rings is 1. The van der Waals surface area contributed by atoms with Crippen molar-refractivity contribution in [1.29, 1.82) is 0 Å². The largest absolute Gasteiger partial charge is 0.497 e. The fourth-order valence-corrected chi connectivity index (χ4v) is 3.42. The van der Waals surface area contributed by atoms with Gasteiger partial charge in [0.2, 0.25) is 0 Å². The SMILES string of the molecule is COc1cccc(OCC(=O)N2CCC[C@H]2c2nccs2)c1. The molecule has 1 atom stereocenters. The molecule has 0 radical (unpaired) electrons. The standard InChI is InChI=1S/C16H18N2O3S/c1-20-12-4-2-5-13(10-12)21-11-15(19)18-8-3-6-14(18)16-17-7-9-22-16/h2,4-5,7,9-10,14H,3,6,8,11H2,1H3/t14-/m0/s1. The van der Waals surface area contributed by atoms with Crippen molar-refractivity contribution in [3.8, 4) is 11.5 Å². The van der Waals surface area contributed by atoms with Crippen LogP contribution in [0.3, 0.4) is 0 Å². The third-order valence-corrected chi connectivity index (χ3v) is 4.59. The number of rotatable bonds is 5. The second-order valence-corrected chi connectivity index (χ2v) is 6.01. The van der Waals surface area contributed by atoms with Crippen LogP contribution in [0.4, 0.5) is 0 Å². The lowest BCUT2D eigenvalue weighted by molar-refractivity contribution is -0.134. The molecule has 5 nitrogen and oxygen atoms in total. The molecule has 6 heteroatoms. The van der Waals surface area contributed by atoms with E-state index in [0.29, 0.717) is 11.5 Å². The van der Waals surface area contributed by atoms with Gasteiger partial charge in [0.05, 0.1) is 13.2 Å². The van der Waals surface area contributed by atoms with E-state index in [2.05, 4.69) is 4.98 Å². The van der Waals surface area contributed by atoms with Crippen molar-refractivity contribution in [2.75, 3.05) is 20.3 Å². The Morgan fingerprint density at radius 1 is 1.45 bits per heavy atom. The topological polar surface area (TPSA) is 51.7 Å². The summed E-state index contributed by atoms with van der Waals surface area (Å²) in [6, 6.07) is 7.37. The first-order chi connectivity index (χ1) is 10.8. The lowest BCUT2D eigenvalue weighted by Crippen LogP contribution is -2.34. The van der Waals surface area contributed by atoms with E-state index < -0.39 is 0 Å². The number of thiazole rings is 1. The first-order valence-electron chi connectivity index (χ1n) is 7.23. The zero-order chi connectivity index (χ0) is 15.4. The molecule has 1 aromatic carbocycles. The molecule has 1 aliphatic heterocycles. The molecule has 22 heavy (non-hydrogen) atoms. The number of nitrogens with zero attached hydrogens (tertiary/aromatic N) is 2. The molecule has 0 bridgehead atoms. The molecule has 116 valence electrons. The predicted molar refractivity (Wildman–Crippen MR) is 84.3 cm³/mol. The van der Waals surface area contributed by atoms with E-state index in [1.54, 1.807) is 30.7 Å². The van der Waals surface area contributed by atoms with Gasteiger partial charge >= 0.3 is 0 Å². The smallest absolute Gasteiger partial charge is 0.261 e. The third kappa shape index (κ3) is 3.22. The molecule has 3 rings (SSSR count). The molecule has 2 aromatic rings. The Balaban J connectivity index is 1.61. The minimum Gasteiger partial charge on any atom is -0.497 e. The van der Waals surface area contributed by atoms with Crippen LogP contribution < -0.4 is 9.47 Å². The van der Waals surface area contributed by atoms with Gasteiger partial charge in [-0.15, -0.1) is 11.3 Å². The Labute approximate surface area is 133 Å². The molecular weight excluding hydrogens is 300 g/mol. The predicted octanol–water partition coefficient (Wildman–Crippen LogP) is 2.89. The van der Waals surface area contributed by atoms with Crippen molar-refractivity contribution < 1.29 is 14.3 Å². The highest BCUT2D eigenvalue weighted by Crippen LogP contribution is 2.33.